The maximum Gasteiger partial charge on any atom is 0.133 e. The number of nitrogens with zero attached hydrogens (tertiary/aromatic N) is 3. The molecule has 0 aliphatic heterocycles. The topological polar surface area (TPSA) is 77.0 Å². The second-order valence-corrected chi connectivity index (χ2v) is 8.68. The molecule has 158 valence electrons. The average Bonchev–Trinajstić information content (AvgIpc) is 3.19. The lowest BCUT2D eigenvalue weighted by Crippen LogP contribution is -2.28. The fraction of sp³-hybridized carbons (Fsp3) is 0.185. The van der Waals surface area contributed by atoms with Crippen molar-refractivity contribution in [3.05, 3.63) is 79.1 Å². The summed E-state index contributed by atoms with van der Waals surface area (Å²) in [4.78, 5) is 9.31. The smallest absolute Gasteiger partial charge is 0.133 e. The van der Waals surface area contributed by atoms with E-state index in [0.717, 1.165) is 57.0 Å². The van der Waals surface area contributed by atoms with Gasteiger partial charge in [-0.3, -0.25) is 0 Å². The van der Waals surface area contributed by atoms with Crippen molar-refractivity contribution in [3.63, 3.8) is 0 Å². The van der Waals surface area contributed by atoms with Crippen molar-refractivity contribution < 1.29 is 5.11 Å². The summed E-state index contributed by atoms with van der Waals surface area (Å²) in [6.07, 6.45) is 5.95. The number of aliphatic hydroxyl groups excluding tert-OH is 1. The molecule has 3 heterocycles. The van der Waals surface area contributed by atoms with E-state index in [2.05, 4.69) is 58.2 Å². The van der Waals surface area contributed by atoms with Gasteiger partial charge in [-0.25, -0.2) is 9.97 Å². The van der Waals surface area contributed by atoms with Gasteiger partial charge in [0.25, 0.3) is 0 Å². The second kappa shape index (κ2) is 7.46. The number of hydrogen-bond donors (Lipinski definition) is 2. The summed E-state index contributed by atoms with van der Waals surface area (Å²) in [7, 11) is 0. The van der Waals surface area contributed by atoms with Crippen molar-refractivity contribution in [2.24, 2.45) is 5.92 Å². The Morgan fingerprint density at radius 2 is 1.78 bits per heavy atom. The summed E-state index contributed by atoms with van der Waals surface area (Å²) in [6, 6.07) is 23.2. The van der Waals surface area contributed by atoms with Crippen molar-refractivity contribution in [2.45, 2.75) is 18.9 Å². The molecular formula is C27H24N4O. The highest BCUT2D eigenvalue weighted by atomic mass is 16.3. The van der Waals surface area contributed by atoms with E-state index in [1.807, 2.05) is 24.3 Å². The van der Waals surface area contributed by atoms with Crippen LogP contribution in [0, 0.1) is 5.92 Å². The monoisotopic (exact) mass is 420 g/mol. The number of aromatic nitrogens is 3. The molecule has 6 rings (SSSR count). The van der Waals surface area contributed by atoms with Crippen LogP contribution in [0.25, 0.3) is 44.2 Å². The highest BCUT2D eigenvalue weighted by Crippen LogP contribution is 2.43. The minimum Gasteiger partial charge on any atom is -0.396 e. The Kier molecular flexibility index (Phi) is 4.44. The maximum atomic E-state index is 9.45. The van der Waals surface area contributed by atoms with Crippen LogP contribution in [0.3, 0.4) is 0 Å². The number of benzene rings is 2. The Balaban J connectivity index is 1.49. The number of hydrogen-bond acceptors (Lipinski definition) is 4. The van der Waals surface area contributed by atoms with Crippen LogP contribution in [0.5, 0.6) is 0 Å². The molecule has 5 heteroatoms. The number of pyridine rings is 2. The Hall–Kier alpha value is -3.70. The molecule has 5 aromatic rings. The molecule has 0 radical (unpaired) electrons. The SMILES string of the molecule is Nc1nccc2c1c(-c1ccc3ccc(-c4ccccc4)nc3c1)cn2C1CC(CO)C1. The van der Waals surface area contributed by atoms with E-state index in [0.29, 0.717) is 17.8 Å². The molecule has 1 aliphatic rings. The van der Waals surface area contributed by atoms with Gasteiger partial charge in [0.05, 0.1) is 16.7 Å². The van der Waals surface area contributed by atoms with E-state index in [1.165, 1.54) is 0 Å². The van der Waals surface area contributed by atoms with E-state index in [-0.39, 0.29) is 6.61 Å². The number of nitrogen functional groups attached to an aromatic ring is 1. The van der Waals surface area contributed by atoms with Crippen LogP contribution in [0.15, 0.2) is 79.1 Å². The van der Waals surface area contributed by atoms with Crippen LogP contribution in [-0.4, -0.2) is 26.2 Å². The largest absolute Gasteiger partial charge is 0.396 e. The van der Waals surface area contributed by atoms with Crippen LogP contribution in [0.4, 0.5) is 5.82 Å². The van der Waals surface area contributed by atoms with Gasteiger partial charge in [-0.1, -0.05) is 48.5 Å². The lowest BCUT2D eigenvalue weighted by molar-refractivity contribution is 0.114. The van der Waals surface area contributed by atoms with Crippen LogP contribution in [0.2, 0.25) is 0 Å². The molecule has 3 N–H and O–H groups in total. The van der Waals surface area contributed by atoms with E-state index in [1.54, 1.807) is 6.20 Å². The molecular weight excluding hydrogens is 396 g/mol. The Labute approximate surface area is 186 Å². The molecule has 3 aromatic heterocycles. The summed E-state index contributed by atoms with van der Waals surface area (Å²) in [5, 5.41) is 11.5. The molecule has 0 amide bonds. The predicted molar refractivity (Wildman–Crippen MR) is 129 cm³/mol. The van der Waals surface area contributed by atoms with Crippen LogP contribution in [0.1, 0.15) is 18.9 Å². The highest BCUT2D eigenvalue weighted by Gasteiger charge is 2.31. The summed E-state index contributed by atoms with van der Waals surface area (Å²) in [5.41, 5.74) is 12.6. The molecule has 32 heavy (non-hydrogen) atoms. The van der Waals surface area contributed by atoms with E-state index >= 15 is 0 Å². The van der Waals surface area contributed by atoms with Crippen LogP contribution < -0.4 is 5.73 Å². The minimum absolute atomic E-state index is 0.256. The van der Waals surface area contributed by atoms with Gasteiger partial charge in [-0.2, -0.15) is 0 Å². The first-order valence-corrected chi connectivity index (χ1v) is 11.0. The average molecular weight is 421 g/mol. The first-order chi connectivity index (χ1) is 15.7. The van der Waals surface area contributed by atoms with E-state index in [9.17, 15) is 5.11 Å². The maximum absolute atomic E-state index is 9.45. The van der Waals surface area contributed by atoms with Crippen molar-refractivity contribution in [2.75, 3.05) is 12.3 Å². The number of anilines is 1. The molecule has 0 atom stereocenters. The molecule has 0 bridgehead atoms. The minimum atomic E-state index is 0.256. The van der Waals surface area contributed by atoms with Gasteiger partial charge in [0.15, 0.2) is 0 Å². The van der Waals surface area contributed by atoms with Crippen molar-refractivity contribution in [1.82, 2.24) is 14.5 Å². The molecule has 1 fully saturated rings. The molecule has 0 unspecified atom stereocenters. The number of fused-ring (bicyclic) bond motifs is 2. The van der Waals surface area contributed by atoms with Crippen molar-refractivity contribution in [3.8, 4) is 22.4 Å². The Bertz CT molecular complexity index is 1430. The summed E-state index contributed by atoms with van der Waals surface area (Å²) in [5.74, 6) is 0.932. The lowest BCUT2D eigenvalue weighted by atomic mass is 9.80. The van der Waals surface area contributed by atoms with E-state index < -0.39 is 0 Å². The molecule has 0 spiro atoms. The molecule has 1 saturated carbocycles. The number of rotatable bonds is 4. The van der Waals surface area contributed by atoms with Crippen LogP contribution >= 0.6 is 0 Å². The Morgan fingerprint density at radius 3 is 2.59 bits per heavy atom. The van der Waals surface area contributed by atoms with Crippen molar-refractivity contribution >= 4 is 27.6 Å². The predicted octanol–water partition coefficient (Wildman–Crippen LogP) is 5.44. The number of aliphatic hydroxyl groups is 1. The van der Waals surface area contributed by atoms with Gasteiger partial charge in [-0.15, -0.1) is 0 Å². The summed E-state index contributed by atoms with van der Waals surface area (Å²) < 4.78 is 2.31. The fourth-order valence-electron chi connectivity index (χ4n) is 4.88. The second-order valence-electron chi connectivity index (χ2n) is 8.68. The van der Waals surface area contributed by atoms with E-state index in [4.69, 9.17) is 10.7 Å². The molecule has 0 saturated heterocycles. The van der Waals surface area contributed by atoms with Gasteiger partial charge in [0.2, 0.25) is 0 Å². The van der Waals surface area contributed by atoms with Gasteiger partial charge in [-0.05, 0) is 42.5 Å². The normalized spacial score (nSPS) is 18.2. The molecule has 2 aromatic carbocycles. The summed E-state index contributed by atoms with van der Waals surface area (Å²) >= 11 is 0. The third-order valence-corrected chi connectivity index (χ3v) is 6.71. The third-order valence-electron chi connectivity index (χ3n) is 6.71. The third kappa shape index (κ3) is 3.05. The fourth-order valence-corrected chi connectivity index (χ4v) is 4.88. The zero-order valence-electron chi connectivity index (χ0n) is 17.6. The zero-order chi connectivity index (χ0) is 21.7. The molecule has 5 nitrogen and oxygen atoms in total. The van der Waals surface area contributed by atoms with Gasteiger partial charge in [0.1, 0.15) is 5.82 Å². The van der Waals surface area contributed by atoms with Gasteiger partial charge in [0, 0.05) is 46.9 Å². The first kappa shape index (κ1) is 19.0. The summed E-state index contributed by atoms with van der Waals surface area (Å²) in [6.45, 7) is 0.256. The quantitative estimate of drug-likeness (QED) is 0.406. The van der Waals surface area contributed by atoms with Gasteiger partial charge < -0.3 is 15.4 Å². The lowest BCUT2D eigenvalue weighted by Gasteiger charge is -2.35. The Morgan fingerprint density at radius 1 is 0.969 bits per heavy atom. The van der Waals surface area contributed by atoms with Crippen molar-refractivity contribution in [1.29, 1.82) is 0 Å². The molecule has 1 aliphatic carbocycles. The highest BCUT2D eigenvalue weighted by molar-refractivity contribution is 6.03. The van der Waals surface area contributed by atoms with Gasteiger partial charge >= 0.3 is 0 Å². The van der Waals surface area contributed by atoms with Crippen LogP contribution in [-0.2, 0) is 0 Å². The standard InChI is InChI=1S/C27H24N4O/c28-27-26-22(15-31(25(26)10-11-29-27)21-12-17(13-21)16-32)20-7-6-19-8-9-23(30-24(19)14-20)18-4-2-1-3-5-18/h1-11,14-15,17,21,32H,12-13,16H2,(H2,28,29). The number of nitrogens with two attached hydrogens (primary N) is 1. The zero-order valence-corrected chi connectivity index (χ0v) is 17.6. The first-order valence-electron chi connectivity index (χ1n) is 11.0.